The lowest BCUT2D eigenvalue weighted by Crippen LogP contribution is -2.14. The smallest absolute Gasteiger partial charge is 0.0528 e. The number of hydrogen-bond acceptors (Lipinski definition) is 1. The summed E-state index contributed by atoms with van der Waals surface area (Å²) in [6.07, 6.45) is 4.46. The monoisotopic (exact) mass is 112 g/mol. The minimum Gasteiger partial charge on any atom is -0.381 e. The SMILES string of the molecule is C=C[C@@H]1CCCOC1. The Hall–Kier alpha value is -0.300. The molecule has 0 unspecified atom stereocenters. The Morgan fingerprint density at radius 3 is 2.88 bits per heavy atom. The van der Waals surface area contributed by atoms with Crippen molar-refractivity contribution in [2.75, 3.05) is 13.2 Å². The van der Waals surface area contributed by atoms with Crippen LogP contribution in [0, 0.1) is 5.92 Å². The highest BCUT2D eigenvalue weighted by Crippen LogP contribution is 2.13. The summed E-state index contributed by atoms with van der Waals surface area (Å²) in [5.41, 5.74) is 0. The summed E-state index contributed by atoms with van der Waals surface area (Å²) in [7, 11) is 0. The van der Waals surface area contributed by atoms with E-state index in [2.05, 4.69) is 6.58 Å². The first-order valence-corrected chi connectivity index (χ1v) is 3.14. The van der Waals surface area contributed by atoms with Gasteiger partial charge in [-0.05, 0) is 12.8 Å². The highest BCUT2D eigenvalue weighted by atomic mass is 16.5. The molecule has 8 heavy (non-hydrogen) atoms. The summed E-state index contributed by atoms with van der Waals surface area (Å²) >= 11 is 0. The minimum atomic E-state index is 0.628. The molecule has 0 aromatic heterocycles. The zero-order valence-corrected chi connectivity index (χ0v) is 5.10. The van der Waals surface area contributed by atoms with Crippen LogP contribution in [-0.2, 0) is 4.74 Å². The molecule has 0 saturated carbocycles. The van der Waals surface area contributed by atoms with Crippen molar-refractivity contribution < 1.29 is 4.74 Å². The average Bonchev–Trinajstić information content (AvgIpc) is 1.90. The van der Waals surface area contributed by atoms with Crippen LogP contribution in [0.1, 0.15) is 12.8 Å². The maximum Gasteiger partial charge on any atom is 0.0528 e. The van der Waals surface area contributed by atoms with E-state index < -0.39 is 0 Å². The Kier molecular flexibility index (Phi) is 2.10. The third kappa shape index (κ3) is 1.34. The first kappa shape index (κ1) is 5.83. The van der Waals surface area contributed by atoms with Crippen molar-refractivity contribution in [3.05, 3.63) is 12.7 Å². The number of hydrogen-bond donors (Lipinski definition) is 0. The normalized spacial score (nSPS) is 29.8. The van der Waals surface area contributed by atoms with Crippen molar-refractivity contribution in [1.29, 1.82) is 0 Å². The van der Waals surface area contributed by atoms with Gasteiger partial charge in [-0.15, -0.1) is 6.58 Å². The molecule has 0 aliphatic carbocycles. The van der Waals surface area contributed by atoms with Crippen LogP contribution in [-0.4, -0.2) is 13.2 Å². The molecule has 46 valence electrons. The van der Waals surface area contributed by atoms with E-state index in [4.69, 9.17) is 4.74 Å². The van der Waals surface area contributed by atoms with Crippen LogP contribution in [0.25, 0.3) is 0 Å². The molecule has 0 spiro atoms. The van der Waals surface area contributed by atoms with Gasteiger partial charge in [0, 0.05) is 12.5 Å². The molecule has 0 amide bonds. The Morgan fingerprint density at radius 2 is 2.50 bits per heavy atom. The summed E-state index contributed by atoms with van der Waals surface area (Å²) in [4.78, 5) is 0. The summed E-state index contributed by atoms with van der Waals surface area (Å²) < 4.78 is 5.20. The average molecular weight is 112 g/mol. The minimum absolute atomic E-state index is 0.628. The van der Waals surface area contributed by atoms with E-state index in [1.807, 2.05) is 6.08 Å². The number of rotatable bonds is 1. The fourth-order valence-electron chi connectivity index (χ4n) is 0.952. The van der Waals surface area contributed by atoms with Crippen molar-refractivity contribution in [3.63, 3.8) is 0 Å². The number of ether oxygens (including phenoxy) is 1. The van der Waals surface area contributed by atoms with Crippen molar-refractivity contribution in [3.8, 4) is 0 Å². The summed E-state index contributed by atoms with van der Waals surface area (Å²) in [6, 6.07) is 0. The van der Waals surface area contributed by atoms with Crippen molar-refractivity contribution in [2.45, 2.75) is 12.8 Å². The molecule has 1 aliphatic heterocycles. The van der Waals surface area contributed by atoms with Crippen LogP contribution in [0.4, 0.5) is 0 Å². The van der Waals surface area contributed by atoms with Gasteiger partial charge in [0.05, 0.1) is 6.61 Å². The molecule has 1 atom stereocenters. The first-order valence-electron chi connectivity index (χ1n) is 3.14. The fourth-order valence-corrected chi connectivity index (χ4v) is 0.952. The van der Waals surface area contributed by atoms with Gasteiger partial charge in [-0.2, -0.15) is 0 Å². The van der Waals surface area contributed by atoms with Gasteiger partial charge in [-0.3, -0.25) is 0 Å². The zero-order chi connectivity index (χ0) is 5.82. The zero-order valence-electron chi connectivity index (χ0n) is 5.10. The van der Waals surface area contributed by atoms with E-state index in [1.54, 1.807) is 0 Å². The molecule has 1 heterocycles. The van der Waals surface area contributed by atoms with Gasteiger partial charge in [-0.25, -0.2) is 0 Å². The van der Waals surface area contributed by atoms with Crippen molar-refractivity contribution >= 4 is 0 Å². The van der Waals surface area contributed by atoms with Gasteiger partial charge in [0.25, 0.3) is 0 Å². The quantitative estimate of drug-likeness (QED) is 0.468. The molecular weight excluding hydrogens is 100 g/mol. The fraction of sp³-hybridized carbons (Fsp3) is 0.714. The lowest BCUT2D eigenvalue weighted by molar-refractivity contribution is 0.0711. The van der Waals surface area contributed by atoms with E-state index >= 15 is 0 Å². The molecule has 1 nitrogen and oxygen atoms in total. The maximum absolute atomic E-state index is 5.20. The molecular formula is C7H12O. The van der Waals surface area contributed by atoms with Crippen LogP contribution >= 0.6 is 0 Å². The lowest BCUT2D eigenvalue weighted by Gasteiger charge is -2.17. The Balaban J connectivity index is 2.22. The largest absolute Gasteiger partial charge is 0.381 e. The van der Waals surface area contributed by atoms with Gasteiger partial charge in [0.2, 0.25) is 0 Å². The van der Waals surface area contributed by atoms with Crippen LogP contribution in [0.2, 0.25) is 0 Å². The lowest BCUT2D eigenvalue weighted by atomic mass is 10.0. The molecule has 1 aliphatic rings. The highest BCUT2D eigenvalue weighted by Gasteiger charge is 2.08. The van der Waals surface area contributed by atoms with Gasteiger partial charge in [0.1, 0.15) is 0 Å². The topological polar surface area (TPSA) is 9.23 Å². The molecule has 1 fully saturated rings. The van der Waals surface area contributed by atoms with Crippen LogP contribution < -0.4 is 0 Å². The molecule has 0 radical (unpaired) electrons. The molecule has 0 bridgehead atoms. The molecule has 0 aromatic carbocycles. The second kappa shape index (κ2) is 2.88. The molecule has 1 heteroatoms. The summed E-state index contributed by atoms with van der Waals surface area (Å²) in [6.45, 7) is 5.55. The Morgan fingerprint density at radius 1 is 1.62 bits per heavy atom. The Bertz CT molecular complexity index is 72.5. The van der Waals surface area contributed by atoms with E-state index in [0.29, 0.717) is 5.92 Å². The van der Waals surface area contributed by atoms with E-state index in [1.165, 1.54) is 12.8 Å². The van der Waals surface area contributed by atoms with Crippen molar-refractivity contribution in [2.24, 2.45) is 5.92 Å². The molecule has 0 aromatic rings. The van der Waals surface area contributed by atoms with Gasteiger partial charge >= 0.3 is 0 Å². The molecule has 1 saturated heterocycles. The predicted octanol–water partition coefficient (Wildman–Crippen LogP) is 1.60. The third-order valence-corrected chi connectivity index (χ3v) is 1.53. The van der Waals surface area contributed by atoms with Crippen molar-refractivity contribution in [1.82, 2.24) is 0 Å². The predicted molar refractivity (Wildman–Crippen MR) is 33.7 cm³/mol. The molecule has 0 N–H and O–H groups in total. The van der Waals surface area contributed by atoms with Gasteiger partial charge in [0.15, 0.2) is 0 Å². The summed E-state index contributed by atoms with van der Waals surface area (Å²) in [5.74, 6) is 0.628. The van der Waals surface area contributed by atoms with E-state index in [9.17, 15) is 0 Å². The van der Waals surface area contributed by atoms with Crippen LogP contribution in [0.5, 0.6) is 0 Å². The second-order valence-electron chi connectivity index (χ2n) is 2.21. The summed E-state index contributed by atoms with van der Waals surface area (Å²) in [5, 5.41) is 0. The second-order valence-corrected chi connectivity index (χ2v) is 2.21. The highest BCUT2D eigenvalue weighted by molar-refractivity contribution is 4.80. The standard InChI is InChI=1S/C7H12O/c1-2-7-4-3-5-8-6-7/h2,7H,1,3-6H2/t7-/m1/s1. The van der Waals surface area contributed by atoms with Crippen LogP contribution in [0.3, 0.4) is 0 Å². The molecule has 1 rings (SSSR count). The Labute approximate surface area is 50.3 Å². The van der Waals surface area contributed by atoms with Crippen LogP contribution in [0.15, 0.2) is 12.7 Å². The van der Waals surface area contributed by atoms with Gasteiger partial charge in [-0.1, -0.05) is 6.08 Å². The van der Waals surface area contributed by atoms with E-state index in [-0.39, 0.29) is 0 Å². The van der Waals surface area contributed by atoms with Gasteiger partial charge < -0.3 is 4.74 Å². The first-order chi connectivity index (χ1) is 3.93. The third-order valence-electron chi connectivity index (χ3n) is 1.53. The van der Waals surface area contributed by atoms with E-state index in [0.717, 1.165) is 13.2 Å². The maximum atomic E-state index is 5.20.